The highest BCUT2D eigenvalue weighted by molar-refractivity contribution is 7.15. The van der Waals surface area contributed by atoms with E-state index < -0.39 is 24.7 Å². The Hall–Kier alpha value is -6.11. The molecule has 3 aromatic carbocycles. The molecule has 6 aromatic rings. The summed E-state index contributed by atoms with van der Waals surface area (Å²) in [6.07, 6.45) is 0.279. The molecule has 3 aliphatic heterocycles. The van der Waals surface area contributed by atoms with Crippen molar-refractivity contribution in [1.82, 2.24) is 44.6 Å². The largest absolute Gasteiger partial charge is 0.508 e. The van der Waals surface area contributed by atoms with Gasteiger partial charge in [-0.1, -0.05) is 49.7 Å². The van der Waals surface area contributed by atoms with Crippen molar-refractivity contribution in [2.45, 2.75) is 91.3 Å². The molecule has 0 bridgehead atoms. The zero-order valence-electron chi connectivity index (χ0n) is 39.7. The molecule has 0 radical (unpaired) electrons. The summed E-state index contributed by atoms with van der Waals surface area (Å²) in [5.74, 6) is 0.410. The van der Waals surface area contributed by atoms with Crippen LogP contribution in [-0.4, -0.2) is 113 Å². The lowest BCUT2D eigenvalue weighted by molar-refractivity contribution is -0.133. The number of halogens is 4. The number of rotatable bonds is 12. The highest BCUT2D eigenvalue weighted by Gasteiger charge is 2.35. The number of piperidine rings is 2. The van der Waals surface area contributed by atoms with E-state index in [-0.39, 0.29) is 47.0 Å². The van der Waals surface area contributed by atoms with E-state index in [0.717, 1.165) is 90.5 Å². The summed E-state index contributed by atoms with van der Waals surface area (Å²) in [4.78, 5) is 38.2. The van der Waals surface area contributed by atoms with Gasteiger partial charge in [0.05, 0.1) is 17.7 Å². The van der Waals surface area contributed by atoms with Crippen LogP contribution in [0.3, 0.4) is 0 Å². The van der Waals surface area contributed by atoms with Crippen molar-refractivity contribution in [3.05, 3.63) is 116 Å². The lowest BCUT2D eigenvalue weighted by Gasteiger charge is -2.38. The first-order chi connectivity index (χ1) is 33.4. The molecular formula is C51H56ClF3N10O4S. The number of aromatic nitrogens is 6. The van der Waals surface area contributed by atoms with Crippen molar-refractivity contribution in [2.75, 3.05) is 39.3 Å². The van der Waals surface area contributed by atoms with Crippen molar-refractivity contribution >= 4 is 40.5 Å². The molecular weight excluding hydrogens is 941 g/mol. The number of phenolic OH excluding ortho intramolecular Hbond substituents is 2. The Morgan fingerprint density at radius 3 is 2.21 bits per heavy atom. The smallest absolute Gasteiger partial charge is 0.405 e. The molecule has 14 nitrogen and oxygen atoms in total. The molecule has 19 heteroatoms. The van der Waals surface area contributed by atoms with Crippen LogP contribution in [0.4, 0.5) is 13.2 Å². The molecule has 368 valence electrons. The van der Waals surface area contributed by atoms with Gasteiger partial charge >= 0.3 is 6.18 Å². The number of hydrogen-bond acceptors (Lipinski definition) is 11. The van der Waals surface area contributed by atoms with Gasteiger partial charge < -0.3 is 25.3 Å². The Kier molecular flexibility index (Phi) is 13.9. The molecule has 2 fully saturated rings. The molecule has 2 saturated heterocycles. The number of thiophene rings is 1. The van der Waals surface area contributed by atoms with Crippen LogP contribution in [0, 0.1) is 32.6 Å². The normalized spacial score (nSPS) is 17.1. The Balaban J connectivity index is 0.809. The second-order valence-corrected chi connectivity index (χ2v) is 20.8. The van der Waals surface area contributed by atoms with E-state index >= 15 is 0 Å². The average molecular weight is 998 g/mol. The lowest BCUT2D eigenvalue weighted by atomic mass is 9.89. The molecule has 3 aliphatic rings. The number of amides is 2. The van der Waals surface area contributed by atoms with E-state index in [9.17, 15) is 33.0 Å². The summed E-state index contributed by atoms with van der Waals surface area (Å²) >= 11 is 7.98. The molecule has 0 spiro atoms. The van der Waals surface area contributed by atoms with Gasteiger partial charge in [0.15, 0.2) is 11.6 Å². The predicted octanol–water partition coefficient (Wildman–Crippen LogP) is 9.46. The topological polar surface area (TPSA) is 167 Å². The number of phenols is 2. The minimum atomic E-state index is -4.64. The van der Waals surface area contributed by atoms with E-state index in [0.29, 0.717) is 47.0 Å². The Bertz CT molecular complexity index is 2930. The van der Waals surface area contributed by atoms with Gasteiger partial charge in [0.2, 0.25) is 11.7 Å². The number of hydrogen-bond donors (Lipinski definition) is 3. The minimum Gasteiger partial charge on any atom is -0.508 e. The number of alkyl halides is 3. The van der Waals surface area contributed by atoms with Crippen LogP contribution in [-0.2, 0) is 11.2 Å². The fourth-order valence-electron chi connectivity index (χ4n) is 9.99. The van der Waals surface area contributed by atoms with Crippen LogP contribution in [0.5, 0.6) is 11.5 Å². The number of likely N-dealkylation sites (tertiary alicyclic amines) is 2. The summed E-state index contributed by atoms with van der Waals surface area (Å²) < 4.78 is 42.7. The van der Waals surface area contributed by atoms with Crippen molar-refractivity contribution in [2.24, 2.45) is 16.8 Å². The number of nitrogens with one attached hydrogen (secondary N) is 1. The number of aliphatic imine (C=N–C) groups is 1. The minimum absolute atomic E-state index is 0.0342. The third-order valence-electron chi connectivity index (χ3n) is 14.0. The van der Waals surface area contributed by atoms with Crippen LogP contribution in [0.15, 0.2) is 65.7 Å². The SMILES string of the molecule is Cc1sc2c(c1C)C(c1ccc(Cl)cc1)=N[C@@H](CC(=O)N1CCC(CN3CCC(Cc4ccc(-n5c(C(=O)NCC(F)(F)F)nnc5-c5cc(C(C)C)c(O)cc5O)cc4)CC3)CC1)c1nnc(C)n1-2. The molecule has 6 heterocycles. The number of aromatic hydroxyl groups is 2. The number of carbonyl (C=O) groups is 2. The van der Waals surface area contributed by atoms with Crippen molar-refractivity contribution in [1.29, 1.82) is 0 Å². The lowest BCUT2D eigenvalue weighted by Crippen LogP contribution is -2.43. The van der Waals surface area contributed by atoms with Gasteiger partial charge in [-0.15, -0.1) is 31.7 Å². The number of fused-ring (bicyclic) bond motifs is 3. The predicted molar refractivity (Wildman–Crippen MR) is 263 cm³/mol. The summed E-state index contributed by atoms with van der Waals surface area (Å²) in [6.45, 7) is 12.6. The number of nitrogens with zero attached hydrogens (tertiary/aromatic N) is 9. The molecule has 70 heavy (non-hydrogen) atoms. The van der Waals surface area contributed by atoms with E-state index in [1.165, 1.54) is 15.5 Å². The standard InChI is InChI=1S/C51H56ClF3N10O4S/c1-28(2)38-23-39(42(67)25-41(38)66)46-59-61-48(49(69)56-27-51(53,54)55)65(46)37-12-6-32(7-13-37)22-33-14-18-62(19-15-33)26-34-16-20-63(21-17-34)43(68)24-40-47-60-58-31(5)64(47)50-44(29(3)30(4)70-50)45(57-40)35-8-10-36(52)11-9-35/h6-13,23,25,28,33-34,40,66-67H,14-22,24,26-27H2,1-5H3,(H,56,69)/t40-/m0/s1. The molecule has 3 N–H and O–H groups in total. The first-order valence-corrected chi connectivity index (χ1v) is 24.9. The Morgan fingerprint density at radius 1 is 0.857 bits per heavy atom. The maximum Gasteiger partial charge on any atom is 0.405 e. The van der Waals surface area contributed by atoms with Crippen LogP contribution in [0.2, 0.25) is 5.02 Å². The van der Waals surface area contributed by atoms with Crippen LogP contribution in [0.1, 0.15) is 113 Å². The highest BCUT2D eigenvalue weighted by atomic mass is 35.5. The zero-order valence-corrected chi connectivity index (χ0v) is 41.3. The fourth-order valence-corrected chi connectivity index (χ4v) is 11.3. The van der Waals surface area contributed by atoms with Crippen molar-refractivity contribution < 1.29 is 33.0 Å². The fraction of sp³-hybridized carbons (Fsp3) is 0.431. The highest BCUT2D eigenvalue weighted by Crippen LogP contribution is 2.41. The van der Waals surface area contributed by atoms with Crippen LogP contribution in [0.25, 0.3) is 22.1 Å². The molecule has 1 atom stereocenters. The summed E-state index contributed by atoms with van der Waals surface area (Å²) in [5, 5.41) is 42.0. The number of aryl methyl sites for hydroxylation is 2. The Labute approximate surface area is 413 Å². The summed E-state index contributed by atoms with van der Waals surface area (Å²) in [6, 6.07) is 17.3. The van der Waals surface area contributed by atoms with E-state index in [4.69, 9.17) is 16.6 Å². The third kappa shape index (κ3) is 10.2. The van der Waals surface area contributed by atoms with E-state index in [1.807, 2.05) is 67.4 Å². The third-order valence-corrected chi connectivity index (χ3v) is 15.4. The van der Waals surface area contributed by atoms with Crippen LogP contribution < -0.4 is 5.32 Å². The second-order valence-electron chi connectivity index (χ2n) is 19.1. The quantitative estimate of drug-likeness (QED) is 0.108. The maximum atomic E-state index is 14.1. The first-order valence-electron chi connectivity index (χ1n) is 23.7. The first kappa shape index (κ1) is 48.9. The van der Waals surface area contributed by atoms with Crippen molar-refractivity contribution in [3.8, 4) is 33.6 Å². The van der Waals surface area contributed by atoms with Gasteiger partial charge in [0.1, 0.15) is 34.9 Å². The zero-order chi connectivity index (χ0) is 49.6. The van der Waals surface area contributed by atoms with Gasteiger partial charge in [-0.25, -0.2) is 0 Å². The Morgan fingerprint density at radius 2 is 1.54 bits per heavy atom. The van der Waals surface area contributed by atoms with E-state index in [2.05, 4.69) is 43.7 Å². The average Bonchev–Trinajstić information content (AvgIpc) is 4.00. The monoisotopic (exact) mass is 996 g/mol. The molecule has 9 rings (SSSR count). The van der Waals surface area contributed by atoms with Gasteiger partial charge in [-0.2, -0.15) is 13.2 Å². The number of carbonyl (C=O) groups excluding carboxylic acids is 2. The summed E-state index contributed by atoms with van der Waals surface area (Å²) in [7, 11) is 0. The van der Waals surface area contributed by atoms with E-state index in [1.54, 1.807) is 29.5 Å². The second kappa shape index (κ2) is 19.9. The number of benzene rings is 3. The van der Waals surface area contributed by atoms with Gasteiger partial charge in [0, 0.05) is 52.4 Å². The maximum absolute atomic E-state index is 14.1. The van der Waals surface area contributed by atoms with Gasteiger partial charge in [0.25, 0.3) is 5.91 Å². The molecule has 0 saturated carbocycles. The molecule has 0 aliphatic carbocycles. The molecule has 3 aromatic heterocycles. The molecule has 2 amide bonds. The van der Waals surface area contributed by atoms with Gasteiger partial charge in [-0.05, 0) is 131 Å². The van der Waals surface area contributed by atoms with Crippen LogP contribution >= 0.6 is 22.9 Å². The molecule has 0 unspecified atom stereocenters. The van der Waals surface area contributed by atoms with Crippen molar-refractivity contribution in [3.63, 3.8) is 0 Å². The van der Waals surface area contributed by atoms with Gasteiger partial charge in [-0.3, -0.25) is 23.7 Å². The summed E-state index contributed by atoms with van der Waals surface area (Å²) in [5.41, 5.74) is 6.11.